The van der Waals surface area contributed by atoms with Gasteiger partial charge in [-0.3, -0.25) is 0 Å². The Bertz CT molecular complexity index is 309. The van der Waals surface area contributed by atoms with Crippen LogP contribution >= 0.6 is 0 Å². The second-order valence-corrected chi connectivity index (χ2v) is 3.62. The van der Waals surface area contributed by atoms with E-state index in [1.54, 1.807) is 7.11 Å². The summed E-state index contributed by atoms with van der Waals surface area (Å²) in [5.74, 6) is 0.205. The summed E-state index contributed by atoms with van der Waals surface area (Å²) in [5, 5.41) is 0. The molecule has 0 radical (unpaired) electrons. The van der Waals surface area contributed by atoms with Crippen LogP contribution in [0.4, 0.5) is 10.3 Å². The highest BCUT2D eigenvalue weighted by Gasteiger charge is 2.20. The van der Waals surface area contributed by atoms with Crippen LogP contribution in [-0.4, -0.2) is 36.3 Å². The molecule has 2 heterocycles. The van der Waals surface area contributed by atoms with Crippen LogP contribution in [0.1, 0.15) is 12.8 Å². The zero-order chi connectivity index (χ0) is 10.7. The van der Waals surface area contributed by atoms with Crippen LogP contribution < -0.4 is 4.90 Å². The molecule has 0 atom stereocenters. The van der Waals surface area contributed by atoms with E-state index in [4.69, 9.17) is 4.74 Å². The number of hydrogen-bond acceptors (Lipinski definition) is 4. The number of piperidine rings is 1. The minimum absolute atomic E-state index is 0.335. The minimum atomic E-state index is -0.398. The van der Waals surface area contributed by atoms with Crippen LogP contribution in [0.15, 0.2) is 12.4 Å². The minimum Gasteiger partial charge on any atom is -0.381 e. The van der Waals surface area contributed by atoms with E-state index in [-0.39, 0.29) is 0 Å². The molecule has 1 aromatic rings. The Balaban J connectivity index is 1.98. The molecule has 0 N–H and O–H groups in total. The number of nitrogens with zero attached hydrogens (tertiary/aromatic N) is 3. The molecule has 1 aliphatic rings. The van der Waals surface area contributed by atoms with Gasteiger partial charge >= 0.3 is 0 Å². The Hall–Kier alpha value is -1.23. The first-order valence-electron chi connectivity index (χ1n) is 5.05. The molecule has 4 nitrogen and oxygen atoms in total. The van der Waals surface area contributed by atoms with Crippen molar-refractivity contribution < 1.29 is 9.13 Å². The number of anilines is 1. The molecular formula is C10H14FN3O. The number of methoxy groups -OCH3 is 1. The molecule has 0 aromatic carbocycles. The van der Waals surface area contributed by atoms with Gasteiger partial charge in [0.25, 0.3) is 0 Å². The van der Waals surface area contributed by atoms with Crippen molar-refractivity contribution in [2.24, 2.45) is 0 Å². The summed E-state index contributed by atoms with van der Waals surface area (Å²) in [6, 6.07) is 0. The Morgan fingerprint density at radius 3 is 2.47 bits per heavy atom. The topological polar surface area (TPSA) is 38.2 Å². The third-order valence-corrected chi connectivity index (χ3v) is 2.66. The fourth-order valence-corrected chi connectivity index (χ4v) is 1.76. The van der Waals surface area contributed by atoms with Crippen LogP contribution in [0.25, 0.3) is 0 Å². The monoisotopic (exact) mass is 211 g/mol. The van der Waals surface area contributed by atoms with Gasteiger partial charge < -0.3 is 9.64 Å². The van der Waals surface area contributed by atoms with Gasteiger partial charge in [-0.25, -0.2) is 14.4 Å². The maximum Gasteiger partial charge on any atom is 0.225 e. The predicted octanol–water partition coefficient (Wildman–Crippen LogP) is 1.23. The van der Waals surface area contributed by atoms with Crippen molar-refractivity contribution in [2.45, 2.75) is 18.9 Å². The highest BCUT2D eigenvalue weighted by Crippen LogP contribution is 2.16. The summed E-state index contributed by atoms with van der Waals surface area (Å²) >= 11 is 0. The fraction of sp³-hybridized carbons (Fsp3) is 0.600. The number of aromatic nitrogens is 2. The molecule has 1 aliphatic heterocycles. The Kier molecular flexibility index (Phi) is 3.11. The Morgan fingerprint density at radius 1 is 1.33 bits per heavy atom. The highest BCUT2D eigenvalue weighted by molar-refractivity contribution is 5.29. The molecule has 15 heavy (non-hydrogen) atoms. The van der Waals surface area contributed by atoms with Gasteiger partial charge in [-0.15, -0.1) is 0 Å². The molecular weight excluding hydrogens is 197 g/mol. The molecule has 0 spiro atoms. The molecule has 5 heteroatoms. The number of halogens is 1. The van der Waals surface area contributed by atoms with Gasteiger partial charge in [0.05, 0.1) is 18.5 Å². The van der Waals surface area contributed by atoms with Crippen molar-refractivity contribution in [3.05, 3.63) is 18.2 Å². The zero-order valence-electron chi connectivity index (χ0n) is 8.69. The summed E-state index contributed by atoms with van der Waals surface area (Å²) in [4.78, 5) is 9.95. The van der Waals surface area contributed by atoms with Gasteiger partial charge in [-0.2, -0.15) is 0 Å². The summed E-state index contributed by atoms with van der Waals surface area (Å²) in [7, 11) is 1.73. The van der Waals surface area contributed by atoms with Crippen molar-refractivity contribution >= 4 is 5.95 Å². The smallest absolute Gasteiger partial charge is 0.225 e. The van der Waals surface area contributed by atoms with Gasteiger partial charge in [-0.05, 0) is 12.8 Å². The van der Waals surface area contributed by atoms with Crippen molar-refractivity contribution in [2.75, 3.05) is 25.1 Å². The van der Waals surface area contributed by atoms with Gasteiger partial charge in [0.15, 0.2) is 5.82 Å². The van der Waals surface area contributed by atoms with Gasteiger partial charge in [0.1, 0.15) is 0 Å². The first-order valence-corrected chi connectivity index (χ1v) is 5.05. The quantitative estimate of drug-likeness (QED) is 0.737. The third kappa shape index (κ3) is 2.41. The van der Waals surface area contributed by atoms with Crippen LogP contribution in [0.2, 0.25) is 0 Å². The highest BCUT2D eigenvalue weighted by atomic mass is 19.1. The first-order chi connectivity index (χ1) is 7.29. The van der Waals surface area contributed by atoms with E-state index in [1.165, 1.54) is 12.4 Å². The zero-order valence-corrected chi connectivity index (χ0v) is 8.69. The second kappa shape index (κ2) is 4.53. The van der Waals surface area contributed by atoms with Gasteiger partial charge in [0.2, 0.25) is 5.95 Å². The molecule has 0 unspecified atom stereocenters. The normalized spacial score (nSPS) is 18.1. The second-order valence-electron chi connectivity index (χ2n) is 3.62. The molecule has 0 amide bonds. The van der Waals surface area contributed by atoms with Crippen molar-refractivity contribution in [1.82, 2.24) is 9.97 Å². The Labute approximate surface area is 88.1 Å². The lowest BCUT2D eigenvalue weighted by atomic mass is 10.1. The van der Waals surface area contributed by atoms with Crippen LogP contribution in [0.3, 0.4) is 0 Å². The van der Waals surface area contributed by atoms with Crippen molar-refractivity contribution in [3.63, 3.8) is 0 Å². The summed E-state index contributed by atoms with van der Waals surface area (Å²) in [5.41, 5.74) is 0. The lowest BCUT2D eigenvalue weighted by molar-refractivity contribution is 0.0816. The lowest BCUT2D eigenvalue weighted by Gasteiger charge is -2.30. The average molecular weight is 211 g/mol. The molecule has 0 saturated carbocycles. The van der Waals surface area contributed by atoms with Crippen LogP contribution in [0, 0.1) is 5.82 Å². The molecule has 1 saturated heterocycles. The Morgan fingerprint density at radius 2 is 1.93 bits per heavy atom. The van der Waals surface area contributed by atoms with Crippen molar-refractivity contribution in [1.29, 1.82) is 0 Å². The lowest BCUT2D eigenvalue weighted by Crippen LogP contribution is -2.37. The average Bonchev–Trinajstić information content (AvgIpc) is 2.30. The molecule has 0 aliphatic carbocycles. The maximum atomic E-state index is 12.6. The van der Waals surface area contributed by atoms with Crippen LogP contribution in [-0.2, 0) is 4.74 Å². The standard InChI is InChI=1S/C10H14FN3O/c1-15-9-2-4-14(5-3-9)10-12-6-8(11)7-13-10/h6-7,9H,2-5H2,1H3. The number of hydrogen-bond donors (Lipinski definition) is 0. The third-order valence-electron chi connectivity index (χ3n) is 2.66. The van der Waals surface area contributed by atoms with E-state index >= 15 is 0 Å². The molecule has 1 fully saturated rings. The van der Waals surface area contributed by atoms with E-state index in [9.17, 15) is 4.39 Å². The summed E-state index contributed by atoms with van der Waals surface area (Å²) in [6.45, 7) is 1.73. The summed E-state index contributed by atoms with van der Waals surface area (Å²) < 4.78 is 17.9. The SMILES string of the molecule is COC1CCN(c2ncc(F)cn2)CC1. The molecule has 1 aromatic heterocycles. The predicted molar refractivity (Wildman–Crippen MR) is 54.2 cm³/mol. The first kappa shape index (κ1) is 10.3. The van der Waals surface area contributed by atoms with Gasteiger partial charge in [-0.1, -0.05) is 0 Å². The van der Waals surface area contributed by atoms with E-state index in [0.29, 0.717) is 12.1 Å². The van der Waals surface area contributed by atoms with E-state index in [0.717, 1.165) is 25.9 Å². The number of rotatable bonds is 2. The summed E-state index contributed by atoms with van der Waals surface area (Å²) in [6.07, 6.45) is 4.67. The van der Waals surface area contributed by atoms with Crippen molar-refractivity contribution in [3.8, 4) is 0 Å². The fourth-order valence-electron chi connectivity index (χ4n) is 1.76. The van der Waals surface area contributed by atoms with E-state index in [1.807, 2.05) is 0 Å². The maximum absolute atomic E-state index is 12.6. The number of ether oxygens (including phenoxy) is 1. The molecule has 0 bridgehead atoms. The largest absolute Gasteiger partial charge is 0.381 e. The van der Waals surface area contributed by atoms with E-state index in [2.05, 4.69) is 14.9 Å². The molecule has 2 rings (SSSR count). The van der Waals surface area contributed by atoms with E-state index < -0.39 is 5.82 Å². The van der Waals surface area contributed by atoms with Crippen LogP contribution in [0.5, 0.6) is 0 Å². The van der Waals surface area contributed by atoms with Gasteiger partial charge in [0, 0.05) is 20.2 Å². The molecule has 82 valence electrons.